The molecular formula is C17H22N6O. The molecule has 2 unspecified atom stereocenters. The first-order chi connectivity index (χ1) is 11.5. The van der Waals surface area contributed by atoms with Crippen LogP contribution in [0, 0.1) is 32.6 Å². The summed E-state index contributed by atoms with van der Waals surface area (Å²) in [7, 11) is 0. The van der Waals surface area contributed by atoms with Gasteiger partial charge < -0.3 is 9.80 Å². The average Bonchev–Trinajstić information content (AvgIpc) is 3.20. The number of aromatic amines is 1. The highest BCUT2D eigenvalue weighted by molar-refractivity contribution is 5.96. The lowest BCUT2D eigenvalue weighted by atomic mass is 10.0. The van der Waals surface area contributed by atoms with Crippen LogP contribution in [0.15, 0.2) is 12.4 Å². The van der Waals surface area contributed by atoms with Crippen LogP contribution in [-0.2, 0) is 0 Å². The topological polar surface area (TPSA) is 78.0 Å². The van der Waals surface area contributed by atoms with Gasteiger partial charge in [0.25, 0.3) is 5.91 Å². The number of H-pyrrole nitrogens is 1. The van der Waals surface area contributed by atoms with Gasteiger partial charge in [-0.3, -0.25) is 9.89 Å². The quantitative estimate of drug-likeness (QED) is 0.901. The van der Waals surface area contributed by atoms with Crippen LogP contribution in [0.5, 0.6) is 0 Å². The zero-order valence-electron chi connectivity index (χ0n) is 14.3. The number of aryl methyl sites for hydroxylation is 3. The van der Waals surface area contributed by atoms with Crippen molar-refractivity contribution in [1.29, 1.82) is 0 Å². The number of nitrogens with zero attached hydrogens (tertiary/aromatic N) is 5. The lowest BCUT2D eigenvalue weighted by Crippen LogP contribution is -2.34. The Hall–Kier alpha value is -2.44. The van der Waals surface area contributed by atoms with E-state index in [1.807, 2.05) is 31.7 Å². The van der Waals surface area contributed by atoms with Gasteiger partial charge in [-0.25, -0.2) is 9.97 Å². The molecule has 2 aromatic rings. The fraction of sp³-hybridized carbons (Fsp3) is 0.529. The van der Waals surface area contributed by atoms with Crippen molar-refractivity contribution >= 4 is 11.7 Å². The number of amides is 1. The van der Waals surface area contributed by atoms with Crippen molar-refractivity contribution in [2.45, 2.75) is 20.8 Å². The molecule has 0 aromatic carbocycles. The standard InChI is InChI=1S/C17H22N6O/c1-10-4-15(19-9-18-10)22-5-13-7-23(8-14(13)6-22)17(24)16-11(2)20-21-12(16)3/h4,9,13-14H,5-8H2,1-3H3,(H,20,21). The van der Waals surface area contributed by atoms with Gasteiger partial charge in [-0.2, -0.15) is 5.10 Å². The molecule has 0 bridgehead atoms. The lowest BCUT2D eigenvalue weighted by molar-refractivity contribution is 0.0781. The number of anilines is 1. The molecule has 2 saturated heterocycles. The highest BCUT2D eigenvalue weighted by Crippen LogP contribution is 2.34. The molecule has 7 heteroatoms. The van der Waals surface area contributed by atoms with Gasteiger partial charge in [0.1, 0.15) is 12.1 Å². The number of aromatic nitrogens is 4. The van der Waals surface area contributed by atoms with E-state index in [1.54, 1.807) is 6.33 Å². The Morgan fingerprint density at radius 3 is 2.42 bits per heavy atom. The van der Waals surface area contributed by atoms with Crippen LogP contribution < -0.4 is 4.90 Å². The van der Waals surface area contributed by atoms with E-state index in [4.69, 9.17) is 0 Å². The maximum absolute atomic E-state index is 12.8. The molecule has 126 valence electrons. The minimum absolute atomic E-state index is 0.109. The molecule has 0 radical (unpaired) electrons. The molecule has 2 atom stereocenters. The Bertz CT molecular complexity index is 752. The van der Waals surface area contributed by atoms with Crippen molar-refractivity contribution in [2.24, 2.45) is 11.8 Å². The molecule has 0 spiro atoms. The summed E-state index contributed by atoms with van der Waals surface area (Å²) < 4.78 is 0. The Balaban J connectivity index is 1.46. The summed E-state index contributed by atoms with van der Waals surface area (Å²) in [6.07, 6.45) is 1.62. The molecule has 1 N–H and O–H groups in total. The van der Waals surface area contributed by atoms with Crippen LogP contribution >= 0.6 is 0 Å². The van der Waals surface area contributed by atoms with E-state index in [0.29, 0.717) is 11.8 Å². The van der Waals surface area contributed by atoms with E-state index < -0.39 is 0 Å². The molecule has 2 aromatic heterocycles. The van der Waals surface area contributed by atoms with Gasteiger partial charge in [-0.1, -0.05) is 0 Å². The molecule has 0 aliphatic carbocycles. The monoisotopic (exact) mass is 326 g/mol. The second kappa shape index (κ2) is 5.58. The largest absolute Gasteiger partial charge is 0.356 e. The predicted octanol–water partition coefficient (Wildman–Crippen LogP) is 1.33. The number of carbonyl (C=O) groups excluding carboxylic acids is 1. The number of nitrogens with one attached hydrogen (secondary N) is 1. The normalized spacial score (nSPS) is 23.0. The van der Waals surface area contributed by atoms with Gasteiger partial charge in [0.15, 0.2) is 0 Å². The first-order valence-electron chi connectivity index (χ1n) is 8.37. The summed E-state index contributed by atoms with van der Waals surface area (Å²) >= 11 is 0. The van der Waals surface area contributed by atoms with E-state index in [0.717, 1.165) is 54.6 Å². The minimum Gasteiger partial charge on any atom is -0.356 e. The van der Waals surface area contributed by atoms with Crippen molar-refractivity contribution in [3.05, 3.63) is 35.0 Å². The van der Waals surface area contributed by atoms with Crippen LogP contribution in [0.25, 0.3) is 0 Å². The summed E-state index contributed by atoms with van der Waals surface area (Å²) in [5.74, 6) is 2.13. The van der Waals surface area contributed by atoms with Gasteiger partial charge in [0.2, 0.25) is 0 Å². The Kier molecular flexibility index (Phi) is 3.51. The maximum atomic E-state index is 12.8. The third kappa shape index (κ3) is 2.44. The van der Waals surface area contributed by atoms with E-state index in [9.17, 15) is 4.79 Å². The van der Waals surface area contributed by atoms with Crippen LogP contribution in [0.4, 0.5) is 5.82 Å². The number of hydrogen-bond acceptors (Lipinski definition) is 5. The van der Waals surface area contributed by atoms with Crippen LogP contribution in [-0.4, -0.2) is 57.2 Å². The molecule has 7 nitrogen and oxygen atoms in total. The fourth-order valence-corrected chi connectivity index (χ4v) is 3.98. The first kappa shape index (κ1) is 15.1. The van der Waals surface area contributed by atoms with Crippen molar-refractivity contribution in [1.82, 2.24) is 25.1 Å². The summed E-state index contributed by atoms with van der Waals surface area (Å²) in [5.41, 5.74) is 3.36. The summed E-state index contributed by atoms with van der Waals surface area (Å²) in [4.78, 5) is 25.7. The van der Waals surface area contributed by atoms with Gasteiger partial charge in [-0.15, -0.1) is 0 Å². The molecule has 2 aliphatic rings. The third-order valence-electron chi connectivity index (χ3n) is 5.23. The lowest BCUT2D eigenvalue weighted by Gasteiger charge is -2.22. The third-order valence-corrected chi connectivity index (χ3v) is 5.23. The second-order valence-corrected chi connectivity index (χ2v) is 6.96. The fourth-order valence-electron chi connectivity index (χ4n) is 3.98. The van der Waals surface area contributed by atoms with E-state index >= 15 is 0 Å². The highest BCUT2D eigenvalue weighted by Gasteiger charge is 2.42. The van der Waals surface area contributed by atoms with Crippen LogP contribution in [0.2, 0.25) is 0 Å². The van der Waals surface area contributed by atoms with Crippen molar-refractivity contribution in [3.8, 4) is 0 Å². The molecule has 1 amide bonds. The molecule has 2 aliphatic heterocycles. The zero-order chi connectivity index (χ0) is 16.8. The molecule has 2 fully saturated rings. The predicted molar refractivity (Wildman–Crippen MR) is 89.9 cm³/mol. The summed E-state index contributed by atoms with van der Waals surface area (Å²) in [6, 6.07) is 2.03. The maximum Gasteiger partial charge on any atom is 0.257 e. The highest BCUT2D eigenvalue weighted by atomic mass is 16.2. The summed E-state index contributed by atoms with van der Waals surface area (Å²) in [6.45, 7) is 9.30. The van der Waals surface area contributed by atoms with Gasteiger partial charge in [0, 0.05) is 55.5 Å². The number of rotatable bonds is 2. The van der Waals surface area contributed by atoms with Gasteiger partial charge >= 0.3 is 0 Å². The smallest absolute Gasteiger partial charge is 0.257 e. The van der Waals surface area contributed by atoms with Crippen LogP contribution in [0.3, 0.4) is 0 Å². The van der Waals surface area contributed by atoms with Crippen molar-refractivity contribution < 1.29 is 4.79 Å². The molecule has 4 heterocycles. The minimum atomic E-state index is 0.109. The summed E-state index contributed by atoms with van der Waals surface area (Å²) in [5, 5.41) is 7.05. The van der Waals surface area contributed by atoms with Crippen molar-refractivity contribution in [2.75, 3.05) is 31.1 Å². The number of likely N-dealkylation sites (tertiary alicyclic amines) is 1. The second-order valence-electron chi connectivity index (χ2n) is 6.96. The average molecular weight is 326 g/mol. The molecule has 0 saturated carbocycles. The Morgan fingerprint density at radius 1 is 1.12 bits per heavy atom. The van der Waals surface area contributed by atoms with Gasteiger partial charge in [0.05, 0.1) is 11.3 Å². The van der Waals surface area contributed by atoms with Gasteiger partial charge in [-0.05, 0) is 20.8 Å². The SMILES string of the molecule is Cc1cc(N2CC3CN(C(=O)c4c(C)n[nH]c4C)CC3C2)ncn1. The van der Waals surface area contributed by atoms with Crippen LogP contribution in [0.1, 0.15) is 27.4 Å². The van der Waals surface area contributed by atoms with E-state index in [1.165, 1.54) is 0 Å². The Morgan fingerprint density at radius 2 is 1.83 bits per heavy atom. The number of carbonyl (C=O) groups is 1. The van der Waals surface area contributed by atoms with E-state index in [2.05, 4.69) is 25.1 Å². The zero-order valence-corrected chi connectivity index (χ0v) is 14.3. The van der Waals surface area contributed by atoms with E-state index in [-0.39, 0.29) is 5.91 Å². The molecule has 4 rings (SSSR count). The first-order valence-corrected chi connectivity index (χ1v) is 8.37. The molecular weight excluding hydrogens is 304 g/mol. The molecule has 24 heavy (non-hydrogen) atoms. The Labute approximate surface area is 141 Å². The number of fused-ring (bicyclic) bond motifs is 1. The number of hydrogen-bond donors (Lipinski definition) is 1. The van der Waals surface area contributed by atoms with Crippen molar-refractivity contribution in [3.63, 3.8) is 0 Å².